The van der Waals surface area contributed by atoms with E-state index in [2.05, 4.69) is 17.3 Å². The van der Waals surface area contributed by atoms with Crippen molar-refractivity contribution in [1.82, 2.24) is 10.2 Å². The van der Waals surface area contributed by atoms with Gasteiger partial charge in [0.05, 0.1) is 13.2 Å². The van der Waals surface area contributed by atoms with Gasteiger partial charge in [-0.05, 0) is 39.3 Å². The van der Waals surface area contributed by atoms with Gasteiger partial charge in [0.25, 0.3) is 0 Å². The monoisotopic (exact) mass is 268 g/mol. The highest BCUT2D eigenvalue weighted by Gasteiger charge is 2.40. The maximum atomic E-state index is 5.78. The van der Waals surface area contributed by atoms with E-state index < -0.39 is 0 Å². The van der Waals surface area contributed by atoms with Crippen molar-refractivity contribution in [3.63, 3.8) is 0 Å². The van der Waals surface area contributed by atoms with Crippen molar-refractivity contribution < 1.29 is 9.47 Å². The van der Waals surface area contributed by atoms with E-state index in [1.807, 2.05) is 0 Å². The summed E-state index contributed by atoms with van der Waals surface area (Å²) in [5, 5.41) is 3.78. The van der Waals surface area contributed by atoms with E-state index in [0.29, 0.717) is 6.04 Å². The van der Waals surface area contributed by atoms with Gasteiger partial charge in [-0.3, -0.25) is 0 Å². The molecule has 0 aromatic heterocycles. The summed E-state index contributed by atoms with van der Waals surface area (Å²) in [7, 11) is 2.27. The molecule has 3 rings (SSSR count). The average Bonchev–Trinajstić information content (AvgIpc) is 2.88. The molecule has 0 amide bonds. The first-order valence-electron chi connectivity index (χ1n) is 7.99. The van der Waals surface area contributed by atoms with Gasteiger partial charge in [-0.2, -0.15) is 0 Å². The summed E-state index contributed by atoms with van der Waals surface area (Å²) in [6, 6.07) is 1.40. The van der Waals surface area contributed by atoms with Crippen molar-refractivity contribution >= 4 is 0 Å². The molecule has 3 aliphatic rings. The third kappa shape index (κ3) is 3.30. The SMILES string of the molecule is CN1CCCCC1CNC1CCC2(CC1)OCCO2. The standard InChI is InChI=1S/C15H28N2O2/c1-17-9-3-2-4-14(17)12-16-13-5-7-15(8-6-13)18-10-11-19-15/h13-14,16H,2-12H2,1H3. The Bertz CT molecular complexity index is 282. The smallest absolute Gasteiger partial charge is 0.168 e. The van der Waals surface area contributed by atoms with Crippen LogP contribution in [0.25, 0.3) is 0 Å². The summed E-state index contributed by atoms with van der Waals surface area (Å²) in [6.07, 6.45) is 8.62. The maximum absolute atomic E-state index is 5.78. The predicted molar refractivity (Wildman–Crippen MR) is 75.2 cm³/mol. The Morgan fingerprint density at radius 3 is 2.53 bits per heavy atom. The van der Waals surface area contributed by atoms with E-state index in [1.54, 1.807) is 0 Å². The van der Waals surface area contributed by atoms with Crippen LogP contribution < -0.4 is 5.32 Å². The Balaban J connectivity index is 1.40. The Kier molecular flexibility index (Phi) is 4.42. The lowest BCUT2D eigenvalue weighted by molar-refractivity contribution is -0.179. The van der Waals surface area contributed by atoms with E-state index in [-0.39, 0.29) is 5.79 Å². The highest BCUT2D eigenvalue weighted by molar-refractivity contribution is 4.87. The highest BCUT2D eigenvalue weighted by atomic mass is 16.7. The van der Waals surface area contributed by atoms with Gasteiger partial charge in [0.15, 0.2) is 5.79 Å². The zero-order valence-electron chi connectivity index (χ0n) is 12.2. The van der Waals surface area contributed by atoms with Gasteiger partial charge in [0.1, 0.15) is 0 Å². The van der Waals surface area contributed by atoms with Crippen molar-refractivity contribution in [1.29, 1.82) is 0 Å². The summed E-state index contributed by atoms with van der Waals surface area (Å²) < 4.78 is 11.6. The second-order valence-electron chi connectivity index (χ2n) is 6.42. The van der Waals surface area contributed by atoms with Crippen LogP contribution in [-0.2, 0) is 9.47 Å². The normalized spacial score (nSPS) is 33.0. The zero-order chi connectivity index (χ0) is 13.1. The number of hydrogen-bond donors (Lipinski definition) is 1. The quantitative estimate of drug-likeness (QED) is 0.845. The first-order chi connectivity index (χ1) is 9.27. The lowest BCUT2D eigenvalue weighted by atomic mass is 9.89. The first-order valence-corrected chi connectivity index (χ1v) is 7.99. The molecule has 0 radical (unpaired) electrons. The molecular weight excluding hydrogens is 240 g/mol. The Morgan fingerprint density at radius 1 is 1.11 bits per heavy atom. The summed E-state index contributed by atoms with van der Waals surface area (Å²) >= 11 is 0. The molecule has 19 heavy (non-hydrogen) atoms. The van der Waals surface area contributed by atoms with Gasteiger partial charge < -0.3 is 19.7 Å². The Hall–Kier alpha value is -0.160. The van der Waals surface area contributed by atoms with Gasteiger partial charge in [-0.1, -0.05) is 6.42 Å². The molecule has 0 aromatic rings. The Morgan fingerprint density at radius 2 is 1.84 bits per heavy atom. The molecule has 2 aliphatic heterocycles. The molecule has 3 fully saturated rings. The lowest BCUT2D eigenvalue weighted by Gasteiger charge is -2.38. The minimum Gasteiger partial charge on any atom is -0.348 e. The third-order valence-corrected chi connectivity index (χ3v) is 5.12. The Labute approximate surface area is 116 Å². The predicted octanol–water partition coefficient (Wildman–Crippen LogP) is 1.75. The second kappa shape index (κ2) is 6.08. The first kappa shape index (κ1) is 13.8. The number of likely N-dealkylation sites (N-methyl/N-ethyl adjacent to an activating group) is 1. The molecule has 0 bridgehead atoms. The van der Waals surface area contributed by atoms with Crippen LogP contribution in [0.2, 0.25) is 0 Å². The molecule has 2 saturated heterocycles. The van der Waals surface area contributed by atoms with Crippen molar-refractivity contribution in [2.24, 2.45) is 0 Å². The molecule has 110 valence electrons. The second-order valence-corrected chi connectivity index (χ2v) is 6.42. The number of hydrogen-bond acceptors (Lipinski definition) is 4. The molecular formula is C15H28N2O2. The topological polar surface area (TPSA) is 33.7 Å². The fraction of sp³-hybridized carbons (Fsp3) is 1.00. The lowest BCUT2D eigenvalue weighted by Crippen LogP contribution is -2.48. The molecule has 1 atom stereocenters. The van der Waals surface area contributed by atoms with Crippen LogP contribution in [0.1, 0.15) is 44.9 Å². The number of nitrogens with zero attached hydrogens (tertiary/aromatic N) is 1. The van der Waals surface area contributed by atoms with Crippen LogP contribution >= 0.6 is 0 Å². The minimum atomic E-state index is -0.209. The van der Waals surface area contributed by atoms with Gasteiger partial charge in [-0.15, -0.1) is 0 Å². The van der Waals surface area contributed by atoms with Crippen molar-refractivity contribution in [3.8, 4) is 0 Å². The fourth-order valence-corrected chi connectivity index (χ4v) is 3.75. The van der Waals surface area contributed by atoms with E-state index in [1.165, 1.54) is 38.6 Å². The van der Waals surface area contributed by atoms with E-state index in [9.17, 15) is 0 Å². The number of piperidine rings is 1. The van der Waals surface area contributed by atoms with Crippen LogP contribution in [-0.4, -0.2) is 56.1 Å². The summed E-state index contributed by atoms with van der Waals surface area (Å²) in [4.78, 5) is 2.52. The van der Waals surface area contributed by atoms with Gasteiger partial charge in [0, 0.05) is 31.5 Å². The molecule has 1 saturated carbocycles. The van der Waals surface area contributed by atoms with Crippen molar-refractivity contribution in [2.45, 2.75) is 62.8 Å². The van der Waals surface area contributed by atoms with E-state index in [4.69, 9.17) is 9.47 Å². The molecule has 1 spiro atoms. The largest absolute Gasteiger partial charge is 0.348 e. The van der Waals surface area contributed by atoms with E-state index in [0.717, 1.165) is 38.6 Å². The summed E-state index contributed by atoms with van der Waals surface area (Å²) in [5.74, 6) is -0.209. The highest BCUT2D eigenvalue weighted by Crippen LogP contribution is 2.35. The van der Waals surface area contributed by atoms with Gasteiger partial charge in [0.2, 0.25) is 0 Å². The maximum Gasteiger partial charge on any atom is 0.168 e. The van der Waals surface area contributed by atoms with Crippen molar-refractivity contribution in [3.05, 3.63) is 0 Å². The molecule has 1 aliphatic carbocycles. The molecule has 4 nitrogen and oxygen atoms in total. The van der Waals surface area contributed by atoms with Gasteiger partial charge >= 0.3 is 0 Å². The molecule has 2 heterocycles. The molecule has 0 aromatic carbocycles. The third-order valence-electron chi connectivity index (χ3n) is 5.12. The average molecular weight is 268 g/mol. The molecule has 1 N–H and O–H groups in total. The molecule has 4 heteroatoms. The number of nitrogens with one attached hydrogen (secondary N) is 1. The molecule has 1 unspecified atom stereocenters. The fourth-order valence-electron chi connectivity index (χ4n) is 3.75. The summed E-state index contributed by atoms with van der Waals surface area (Å²) in [5.41, 5.74) is 0. The zero-order valence-corrected chi connectivity index (χ0v) is 12.2. The van der Waals surface area contributed by atoms with Gasteiger partial charge in [-0.25, -0.2) is 0 Å². The van der Waals surface area contributed by atoms with E-state index >= 15 is 0 Å². The van der Waals surface area contributed by atoms with Crippen LogP contribution in [0.4, 0.5) is 0 Å². The van der Waals surface area contributed by atoms with Crippen LogP contribution in [0.3, 0.4) is 0 Å². The number of rotatable bonds is 3. The number of ether oxygens (including phenoxy) is 2. The minimum absolute atomic E-state index is 0.209. The van der Waals surface area contributed by atoms with Crippen LogP contribution in [0.15, 0.2) is 0 Å². The van der Waals surface area contributed by atoms with Crippen molar-refractivity contribution in [2.75, 3.05) is 33.4 Å². The van der Waals surface area contributed by atoms with Crippen LogP contribution in [0, 0.1) is 0 Å². The van der Waals surface area contributed by atoms with Crippen LogP contribution in [0.5, 0.6) is 0 Å². The summed E-state index contributed by atoms with van der Waals surface area (Å²) in [6.45, 7) is 3.98. The number of likely N-dealkylation sites (tertiary alicyclic amines) is 1.